The van der Waals surface area contributed by atoms with Crippen molar-refractivity contribution in [2.75, 3.05) is 46.6 Å². The van der Waals surface area contributed by atoms with Gasteiger partial charge in [-0.2, -0.15) is 8.42 Å². The van der Waals surface area contributed by atoms with Crippen molar-refractivity contribution in [3.8, 4) is 11.5 Å². The number of benzene rings is 3. The lowest BCUT2D eigenvalue weighted by molar-refractivity contribution is -0.0200. The second-order valence-corrected chi connectivity index (χ2v) is 11.9. The van der Waals surface area contributed by atoms with E-state index in [-0.39, 0.29) is 30.6 Å². The molecular weight excluding hydrogens is 574 g/mol. The quantitative estimate of drug-likeness (QED) is 0.181. The third-order valence-corrected chi connectivity index (χ3v) is 8.58. The lowest BCUT2D eigenvalue weighted by Crippen LogP contribution is -2.46. The maximum Gasteiger partial charge on any atom is 0.407 e. The normalized spacial score (nSPS) is 17.0. The monoisotopic (exact) mass is 613 g/mol. The van der Waals surface area contributed by atoms with E-state index in [0.717, 1.165) is 34.6 Å². The van der Waals surface area contributed by atoms with E-state index in [1.165, 1.54) is 17.0 Å². The van der Waals surface area contributed by atoms with Crippen LogP contribution in [0.3, 0.4) is 0 Å². The summed E-state index contributed by atoms with van der Waals surface area (Å²) in [5.74, 6) is 1.46. The third-order valence-electron chi connectivity index (χ3n) is 7.25. The number of hydrogen-bond acceptors (Lipinski definition) is 8. The van der Waals surface area contributed by atoms with E-state index in [1.54, 1.807) is 19.2 Å². The van der Waals surface area contributed by atoms with Crippen LogP contribution in [0.4, 0.5) is 4.79 Å². The zero-order valence-corrected chi connectivity index (χ0v) is 25.3. The van der Waals surface area contributed by atoms with Gasteiger partial charge in [0.2, 0.25) is 0 Å². The molecule has 0 bridgehead atoms. The summed E-state index contributed by atoms with van der Waals surface area (Å²) in [5.41, 5.74) is 2.94. The minimum absolute atomic E-state index is 0.0000360. The highest BCUT2D eigenvalue weighted by Crippen LogP contribution is 2.32. The molecule has 4 rings (SSSR count). The van der Waals surface area contributed by atoms with Crippen molar-refractivity contribution in [2.24, 2.45) is 0 Å². The summed E-state index contributed by atoms with van der Waals surface area (Å²) in [6, 6.07) is 21.9. The Balaban J connectivity index is 1.25. The lowest BCUT2D eigenvalue weighted by Gasteiger charge is -2.37. The molecule has 0 aromatic heterocycles. The van der Waals surface area contributed by atoms with Crippen molar-refractivity contribution in [3.63, 3.8) is 0 Å². The van der Waals surface area contributed by atoms with Crippen LogP contribution in [0.1, 0.15) is 35.4 Å². The van der Waals surface area contributed by atoms with Gasteiger partial charge in [-0.1, -0.05) is 48.0 Å². The molecule has 1 saturated heterocycles. The average molecular weight is 614 g/mol. The molecule has 3 aromatic carbocycles. The number of likely N-dealkylation sites (tertiary alicyclic amines) is 1. The predicted molar refractivity (Wildman–Crippen MR) is 160 cm³/mol. The van der Waals surface area contributed by atoms with Crippen LogP contribution in [0.25, 0.3) is 0 Å². The van der Waals surface area contributed by atoms with Gasteiger partial charge in [-0.25, -0.2) is 4.79 Å². The van der Waals surface area contributed by atoms with Crippen molar-refractivity contribution in [1.82, 2.24) is 4.90 Å². The molecule has 1 N–H and O–H groups in total. The van der Waals surface area contributed by atoms with Crippen LogP contribution in [0.15, 0.2) is 77.7 Å². The van der Waals surface area contributed by atoms with Crippen molar-refractivity contribution >= 4 is 16.2 Å². The SMILES string of the molecule is COc1ccccc1COCCCOc1ccc(C2CCN(C(=O)O)CC2OCCOS(=O)(=O)c2ccc(C)cc2)cc1. The van der Waals surface area contributed by atoms with E-state index in [2.05, 4.69) is 0 Å². The van der Waals surface area contributed by atoms with Crippen molar-refractivity contribution in [2.45, 2.75) is 43.3 Å². The molecule has 11 heteroatoms. The number of methoxy groups -OCH3 is 1. The first-order valence-corrected chi connectivity index (χ1v) is 15.7. The fourth-order valence-corrected chi connectivity index (χ4v) is 5.82. The van der Waals surface area contributed by atoms with Crippen LogP contribution >= 0.6 is 0 Å². The van der Waals surface area contributed by atoms with Crippen LogP contribution < -0.4 is 9.47 Å². The summed E-state index contributed by atoms with van der Waals surface area (Å²) in [6.07, 6.45) is -0.172. The van der Waals surface area contributed by atoms with Crippen LogP contribution in [0, 0.1) is 6.92 Å². The van der Waals surface area contributed by atoms with Crippen LogP contribution in [-0.2, 0) is 30.4 Å². The number of hydrogen-bond donors (Lipinski definition) is 1. The summed E-state index contributed by atoms with van der Waals surface area (Å²) in [7, 11) is -2.27. The zero-order chi connectivity index (χ0) is 30.7. The van der Waals surface area contributed by atoms with E-state index in [4.69, 9.17) is 23.1 Å². The van der Waals surface area contributed by atoms with Gasteiger partial charge in [0.05, 0.1) is 57.7 Å². The second-order valence-electron chi connectivity index (χ2n) is 10.3. The van der Waals surface area contributed by atoms with E-state index >= 15 is 0 Å². The number of nitrogens with zero attached hydrogens (tertiary/aromatic N) is 1. The molecule has 0 aliphatic carbocycles. The molecule has 0 saturated carbocycles. The Bertz CT molecular complexity index is 1410. The number of carboxylic acid groups (broad SMARTS) is 1. The van der Waals surface area contributed by atoms with Gasteiger partial charge in [0.15, 0.2) is 0 Å². The summed E-state index contributed by atoms with van der Waals surface area (Å²) in [6.45, 7) is 3.77. The van der Waals surface area contributed by atoms with Crippen LogP contribution in [-0.4, -0.2) is 77.2 Å². The van der Waals surface area contributed by atoms with Gasteiger partial charge in [0, 0.05) is 24.4 Å². The van der Waals surface area contributed by atoms with Crippen molar-refractivity contribution in [3.05, 3.63) is 89.5 Å². The molecule has 0 spiro atoms. The molecule has 1 fully saturated rings. The zero-order valence-electron chi connectivity index (χ0n) is 24.5. The Kier molecular flexibility index (Phi) is 11.8. The lowest BCUT2D eigenvalue weighted by atomic mass is 9.87. The standard InChI is InChI=1S/C32H39NO9S/c1-24-8-14-28(15-9-24)43(36,37)42-21-20-41-31-22-33(32(34)35)17-16-29(31)25-10-12-27(13-11-25)40-19-5-18-39-23-26-6-3-4-7-30(26)38-2/h3-4,6-15,29,31H,5,16-23H2,1-2H3,(H,34,35). The number of para-hydroxylation sites is 1. The average Bonchev–Trinajstić information content (AvgIpc) is 3.01. The molecule has 3 aromatic rings. The van der Waals surface area contributed by atoms with Gasteiger partial charge in [-0.15, -0.1) is 0 Å². The number of rotatable bonds is 15. The van der Waals surface area contributed by atoms with Gasteiger partial charge in [0.1, 0.15) is 11.5 Å². The predicted octanol–water partition coefficient (Wildman–Crippen LogP) is 5.25. The Morgan fingerprint density at radius 3 is 2.42 bits per heavy atom. The molecule has 43 heavy (non-hydrogen) atoms. The highest BCUT2D eigenvalue weighted by molar-refractivity contribution is 7.86. The highest BCUT2D eigenvalue weighted by Gasteiger charge is 2.33. The van der Waals surface area contributed by atoms with Gasteiger partial charge in [-0.05, 0) is 49.2 Å². The van der Waals surface area contributed by atoms with E-state index < -0.39 is 22.3 Å². The third kappa shape index (κ3) is 9.42. The minimum Gasteiger partial charge on any atom is -0.496 e. The first-order chi connectivity index (χ1) is 20.8. The van der Waals surface area contributed by atoms with E-state index in [0.29, 0.717) is 32.8 Å². The van der Waals surface area contributed by atoms with Crippen molar-refractivity contribution < 1.29 is 41.4 Å². The molecule has 232 valence electrons. The van der Waals surface area contributed by atoms with Crippen LogP contribution in [0.2, 0.25) is 0 Å². The smallest absolute Gasteiger partial charge is 0.407 e. The van der Waals surface area contributed by atoms with Gasteiger partial charge in [0.25, 0.3) is 10.1 Å². The molecule has 1 aliphatic rings. The van der Waals surface area contributed by atoms with Crippen LogP contribution in [0.5, 0.6) is 11.5 Å². The summed E-state index contributed by atoms with van der Waals surface area (Å²) < 4.78 is 53.1. The Morgan fingerprint density at radius 1 is 0.953 bits per heavy atom. The Hall–Kier alpha value is -3.64. The summed E-state index contributed by atoms with van der Waals surface area (Å²) in [4.78, 5) is 13.0. The molecule has 1 heterocycles. The Labute approximate surface area is 253 Å². The molecule has 10 nitrogen and oxygen atoms in total. The number of amides is 1. The van der Waals surface area contributed by atoms with E-state index in [1.807, 2.05) is 55.5 Å². The molecule has 0 radical (unpaired) electrons. The topological polar surface area (TPSA) is 121 Å². The van der Waals surface area contributed by atoms with Gasteiger partial charge in [-0.3, -0.25) is 4.18 Å². The number of aryl methyl sites for hydroxylation is 1. The van der Waals surface area contributed by atoms with Gasteiger partial charge >= 0.3 is 6.09 Å². The molecule has 1 aliphatic heterocycles. The largest absolute Gasteiger partial charge is 0.496 e. The minimum atomic E-state index is -3.91. The summed E-state index contributed by atoms with van der Waals surface area (Å²) >= 11 is 0. The molecule has 1 amide bonds. The first-order valence-electron chi connectivity index (χ1n) is 14.2. The maximum atomic E-state index is 12.5. The molecule has 2 unspecified atom stereocenters. The Morgan fingerprint density at radius 2 is 1.70 bits per heavy atom. The van der Waals surface area contributed by atoms with Crippen molar-refractivity contribution in [1.29, 1.82) is 0 Å². The molecule has 2 atom stereocenters. The fourth-order valence-electron chi connectivity index (χ4n) is 4.92. The highest BCUT2D eigenvalue weighted by atomic mass is 32.2. The number of piperidine rings is 1. The fraction of sp³-hybridized carbons (Fsp3) is 0.406. The maximum absolute atomic E-state index is 12.5. The van der Waals surface area contributed by atoms with Gasteiger partial charge < -0.3 is 29.0 Å². The van der Waals surface area contributed by atoms with E-state index in [9.17, 15) is 18.3 Å². The molecular formula is C32H39NO9S. The number of carbonyl (C=O) groups is 1. The summed E-state index contributed by atoms with van der Waals surface area (Å²) in [5, 5.41) is 9.53. The first kappa shape index (κ1) is 32.3. The number of ether oxygens (including phenoxy) is 4. The second kappa shape index (κ2) is 15.7.